The number of aliphatic imine (C=N–C) groups is 1. The molecule has 2 amide bonds. The normalized spacial score (nSPS) is 13.8. The van der Waals surface area contributed by atoms with Gasteiger partial charge < -0.3 is 4.90 Å². The smallest absolute Gasteiger partial charge is 0.262 e. The van der Waals surface area contributed by atoms with Crippen molar-refractivity contribution in [3.8, 4) is 0 Å². The van der Waals surface area contributed by atoms with Gasteiger partial charge in [-0.05, 0) is 49.1 Å². The van der Waals surface area contributed by atoms with E-state index in [1.165, 1.54) is 4.90 Å². The van der Waals surface area contributed by atoms with Gasteiger partial charge in [-0.25, -0.2) is 0 Å². The lowest BCUT2D eigenvalue weighted by Crippen LogP contribution is -2.43. The first kappa shape index (κ1) is 21.3. The third-order valence-corrected chi connectivity index (χ3v) is 6.28. The van der Waals surface area contributed by atoms with Gasteiger partial charge in [-0.15, -0.1) is 0 Å². The maximum absolute atomic E-state index is 13.7. The largest absolute Gasteiger partial charge is 0.308 e. The van der Waals surface area contributed by atoms with Crippen LogP contribution in [0.2, 0.25) is 5.02 Å². The predicted octanol–water partition coefficient (Wildman–Crippen LogP) is 5.55. The number of likely N-dealkylation sites (N-methyl/N-ethyl adjacent to an activating group) is 1. The number of hydrogen-bond acceptors (Lipinski definition) is 4. The third-order valence-electron chi connectivity index (χ3n) is 5.94. The first-order valence-electron chi connectivity index (χ1n) is 10.7. The second kappa shape index (κ2) is 8.43. The number of nitrogens with zero attached hydrogens (tertiary/aromatic N) is 3. The van der Waals surface area contributed by atoms with Gasteiger partial charge in [0.1, 0.15) is 0 Å². The Labute approximate surface area is 196 Å². The summed E-state index contributed by atoms with van der Waals surface area (Å²) in [5, 5.41) is 3.82. The Hall–Kier alpha value is -3.54. The van der Waals surface area contributed by atoms with Crippen molar-refractivity contribution in [1.82, 2.24) is 9.80 Å². The molecule has 0 bridgehead atoms. The Morgan fingerprint density at radius 1 is 0.909 bits per heavy atom. The second-order valence-corrected chi connectivity index (χ2v) is 8.78. The van der Waals surface area contributed by atoms with Gasteiger partial charge in [0, 0.05) is 46.2 Å². The van der Waals surface area contributed by atoms with E-state index in [4.69, 9.17) is 16.6 Å². The Bertz CT molecular complexity index is 1460. The first-order chi connectivity index (χ1) is 16.0. The van der Waals surface area contributed by atoms with Crippen molar-refractivity contribution in [3.05, 3.63) is 88.4 Å². The molecule has 164 valence electrons. The van der Waals surface area contributed by atoms with E-state index in [1.54, 1.807) is 12.3 Å². The summed E-state index contributed by atoms with van der Waals surface area (Å²) >= 11 is 6.30. The lowest BCUT2D eigenvalue weighted by Gasteiger charge is -2.29. The number of rotatable bonds is 5. The van der Waals surface area contributed by atoms with Crippen LogP contribution in [0.3, 0.4) is 0 Å². The molecule has 1 aliphatic heterocycles. The van der Waals surface area contributed by atoms with Crippen LogP contribution in [0, 0.1) is 0 Å². The molecule has 1 aliphatic rings. The van der Waals surface area contributed by atoms with E-state index in [2.05, 4.69) is 0 Å². The lowest BCUT2D eigenvalue weighted by molar-refractivity contribution is 0.0602. The van der Waals surface area contributed by atoms with Gasteiger partial charge in [0.2, 0.25) is 0 Å². The van der Waals surface area contributed by atoms with E-state index in [1.807, 2.05) is 79.7 Å². The Balaban J connectivity index is 1.76. The minimum absolute atomic E-state index is 0.253. The highest BCUT2D eigenvalue weighted by atomic mass is 35.5. The molecule has 4 aromatic carbocycles. The zero-order valence-corrected chi connectivity index (χ0v) is 19.1. The molecule has 0 saturated carbocycles. The summed E-state index contributed by atoms with van der Waals surface area (Å²) in [4.78, 5) is 35.0. The van der Waals surface area contributed by atoms with Gasteiger partial charge in [0.05, 0.1) is 11.3 Å². The molecule has 5 nitrogen and oxygen atoms in total. The zero-order valence-electron chi connectivity index (χ0n) is 18.4. The zero-order chi connectivity index (χ0) is 23.1. The minimum Gasteiger partial charge on any atom is -0.308 e. The molecule has 33 heavy (non-hydrogen) atoms. The molecular weight excluding hydrogens is 434 g/mol. The summed E-state index contributed by atoms with van der Waals surface area (Å²) in [5.41, 5.74) is 2.53. The fourth-order valence-corrected chi connectivity index (χ4v) is 4.49. The Kier molecular flexibility index (Phi) is 5.44. The van der Waals surface area contributed by atoms with Gasteiger partial charge in [0.15, 0.2) is 0 Å². The van der Waals surface area contributed by atoms with Crippen LogP contribution in [-0.2, 0) is 0 Å². The molecule has 0 atom stereocenters. The third kappa shape index (κ3) is 3.69. The van der Waals surface area contributed by atoms with Crippen molar-refractivity contribution in [2.45, 2.75) is 0 Å². The highest BCUT2D eigenvalue weighted by molar-refractivity contribution is 6.33. The van der Waals surface area contributed by atoms with E-state index in [0.29, 0.717) is 40.3 Å². The fourth-order valence-electron chi connectivity index (χ4n) is 4.31. The fraction of sp³-hybridized carbons (Fsp3) is 0.148. The molecule has 5 rings (SSSR count). The SMILES string of the molecule is CN(C)CCN1C(=O)c2cccc3cc4cccc(N=Cc5ccccc5Cl)c4c(c23)C1=O. The molecule has 0 radical (unpaired) electrons. The van der Waals surface area contributed by atoms with Crippen molar-refractivity contribution in [3.63, 3.8) is 0 Å². The molecule has 0 aromatic heterocycles. The van der Waals surface area contributed by atoms with Crippen LogP contribution in [0.1, 0.15) is 26.3 Å². The molecule has 0 spiro atoms. The van der Waals surface area contributed by atoms with Gasteiger partial charge in [-0.1, -0.05) is 54.1 Å². The minimum atomic E-state index is -0.281. The highest BCUT2D eigenvalue weighted by Crippen LogP contribution is 2.39. The summed E-state index contributed by atoms with van der Waals surface area (Å²) in [6.45, 7) is 0.910. The number of carbonyl (C=O) groups is 2. The van der Waals surface area contributed by atoms with E-state index >= 15 is 0 Å². The number of halogens is 1. The number of imide groups is 1. The van der Waals surface area contributed by atoms with Crippen LogP contribution in [0.4, 0.5) is 5.69 Å². The van der Waals surface area contributed by atoms with Crippen LogP contribution in [0.25, 0.3) is 21.5 Å². The number of hydrogen-bond donors (Lipinski definition) is 0. The summed E-state index contributed by atoms with van der Waals surface area (Å²) in [6, 6.07) is 20.9. The lowest BCUT2D eigenvalue weighted by atomic mass is 9.89. The van der Waals surface area contributed by atoms with Gasteiger partial charge >= 0.3 is 0 Å². The van der Waals surface area contributed by atoms with E-state index < -0.39 is 0 Å². The van der Waals surface area contributed by atoms with Crippen LogP contribution in [-0.4, -0.2) is 55.0 Å². The van der Waals surface area contributed by atoms with Gasteiger partial charge in [0.25, 0.3) is 11.8 Å². The predicted molar refractivity (Wildman–Crippen MR) is 134 cm³/mol. The monoisotopic (exact) mass is 455 g/mol. The van der Waals surface area contributed by atoms with Crippen molar-refractivity contribution < 1.29 is 9.59 Å². The molecule has 6 heteroatoms. The van der Waals surface area contributed by atoms with Crippen molar-refractivity contribution in [2.75, 3.05) is 27.2 Å². The molecule has 0 aliphatic carbocycles. The molecule has 0 fully saturated rings. The summed E-state index contributed by atoms with van der Waals surface area (Å²) in [6.07, 6.45) is 1.71. The molecule has 0 N–H and O–H groups in total. The second-order valence-electron chi connectivity index (χ2n) is 8.38. The van der Waals surface area contributed by atoms with E-state index in [-0.39, 0.29) is 11.8 Å². The van der Waals surface area contributed by atoms with E-state index in [9.17, 15) is 9.59 Å². The number of amides is 2. The summed E-state index contributed by atoms with van der Waals surface area (Å²) in [5.74, 6) is -0.534. The van der Waals surface area contributed by atoms with Crippen LogP contribution < -0.4 is 0 Å². The molecular formula is C27H22ClN3O2. The number of fused-ring (bicyclic) bond motifs is 2. The average Bonchev–Trinajstić information content (AvgIpc) is 2.80. The van der Waals surface area contributed by atoms with E-state index in [0.717, 1.165) is 21.7 Å². The maximum atomic E-state index is 13.7. The highest BCUT2D eigenvalue weighted by Gasteiger charge is 2.34. The van der Waals surface area contributed by atoms with Gasteiger partial charge in [-0.3, -0.25) is 19.5 Å². The first-order valence-corrected chi connectivity index (χ1v) is 11.1. The molecule has 0 saturated heterocycles. The molecule has 4 aromatic rings. The van der Waals surface area contributed by atoms with Crippen LogP contribution in [0.5, 0.6) is 0 Å². The van der Waals surface area contributed by atoms with Crippen LogP contribution in [0.15, 0.2) is 71.7 Å². The van der Waals surface area contributed by atoms with Crippen molar-refractivity contribution in [2.24, 2.45) is 4.99 Å². The number of carbonyl (C=O) groups excluding carboxylic acids is 2. The van der Waals surface area contributed by atoms with Gasteiger partial charge in [-0.2, -0.15) is 0 Å². The average molecular weight is 456 g/mol. The Morgan fingerprint density at radius 2 is 1.64 bits per heavy atom. The standard InChI is InChI=1S/C27H22ClN3O2/c1-30(2)13-14-31-26(32)20-10-5-8-17-15-18-9-6-12-22(24(18)25(23(17)20)27(31)33)29-16-19-7-3-4-11-21(19)28/h3-12,15-16H,13-14H2,1-2H3. The topological polar surface area (TPSA) is 53.0 Å². The Morgan fingerprint density at radius 3 is 2.39 bits per heavy atom. The quantitative estimate of drug-likeness (QED) is 0.225. The summed E-state index contributed by atoms with van der Waals surface area (Å²) in [7, 11) is 3.84. The maximum Gasteiger partial charge on any atom is 0.262 e. The number of benzene rings is 4. The van der Waals surface area contributed by atoms with Crippen molar-refractivity contribution in [1.29, 1.82) is 0 Å². The van der Waals surface area contributed by atoms with Crippen molar-refractivity contribution >= 4 is 56.9 Å². The van der Waals surface area contributed by atoms with Crippen LogP contribution >= 0.6 is 11.6 Å². The molecule has 0 unspecified atom stereocenters. The molecule has 1 heterocycles. The summed E-state index contributed by atoms with van der Waals surface area (Å²) < 4.78 is 0.